The van der Waals surface area contributed by atoms with Gasteiger partial charge in [0.05, 0.1) is 0 Å². The second-order valence-electron chi connectivity index (χ2n) is 2.17. The summed E-state index contributed by atoms with van der Waals surface area (Å²) in [5, 5.41) is 11.4. The molecule has 0 aromatic carbocycles. The minimum Gasteiger partial charge on any atom is -0.439 e. The third-order valence-corrected chi connectivity index (χ3v) is 1.49. The zero-order valence-corrected chi connectivity index (χ0v) is 6.81. The lowest BCUT2D eigenvalue weighted by atomic mass is 10.6. The van der Waals surface area contributed by atoms with Crippen LogP contribution in [-0.2, 0) is 11.3 Å². The van der Waals surface area contributed by atoms with Crippen molar-refractivity contribution in [2.24, 2.45) is 10.2 Å². The molecule has 0 bridgehead atoms. The van der Waals surface area contributed by atoms with E-state index in [1.807, 2.05) is 0 Å². The molecule has 0 saturated heterocycles. The van der Waals surface area contributed by atoms with Crippen LogP contribution < -0.4 is 0 Å². The molecule has 0 spiro atoms. The molecule has 62 valence electrons. The number of hydrogen-bond acceptors (Lipinski definition) is 5. The van der Waals surface area contributed by atoms with Crippen molar-refractivity contribution in [1.29, 1.82) is 0 Å². The summed E-state index contributed by atoms with van der Waals surface area (Å²) in [7, 11) is 0. The molecule has 1 aliphatic heterocycles. The lowest BCUT2D eigenvalue weighted by Crippen LogP contribution is -2.15. The van der Waals surface area contributed by atoms with Crippen molar-refractivity contribution in [1.82, 2.24) is 14.8 Å². The van der Waals surface area contributed by atoms with Gasteiger partial charge >= 0.3 is 5.17 Å². The van der Waals surface area contributed by atoms with Gasteiger partial charge in [-0.15, -0.1) is 10.2 Å². The Morgan fingerprint density at radius 3 is 3.17 bits per heavy atom. The first-order chi connectivity index (χ1) is 5.84. The van der Waals surface area contributed by atoms with E-state index in [9.17, 15) is 0 Å². The van der Waals surface area contributed by atoms with Gasteiger partial charge < -0.3 is 4.74 Å². The van der Waals surface area contributed by atoms with E-state index in [4.69, 9.17) is 4.74 Å². The number of aromatic nitrogens is 3. The molecule has 1 aromatic rings. The third-order valence-electron chi connectivity index (χ3n) is 1.31. The smallest absolute Gasteiger partial charge is 0.304 e. The molecule has 1 aromatic heterocycles. The third kappa shape index (κ3) is 1.45. The molecule has 0 radical (unpaired) electrons. The number of thiocarbonyl (C=S) groups is 1. The second-order valence-corrected chi connectivity index (χ2v) is 2.52. The number of azo groups is 1. The lowest BCUT2D eigenvalue weighted by Gasteiger charge is -2.04. The summed E-state index contributed by atoms with van der Waals surface area (Å²) < 4.78 is 6.65. The van der Waals surface area contributed by atoms with Gasteiger partial charge in [-0.2, -0.15) is 5.10 Å². The Morgan fingerprint density at radius 1 is 1.67 bits per heavy atom. The topological polar surface area (TPSA) is 64.7 Å². The molecule has 0 fully saturated rings. The average molecular weight is 183 g/mol. The summed E-state index contributed by atoms with van der Waals surface area (Å²) in [6, 6.07) is 0. The summed E-state index contributed by atoms with van der Waals surface area (Å²) in [6.07, 6.45) is 2.68. The Labute approximate surface area is 73.3 Å². The fourth-order valence-electron chi connectivity index (χ4n) is 0.836. The van der Waals surface area contributed by atoms with E-state index in [0.717, 1.165) is 0 Å². The molecule has 1 unspecified atom stereocenters. The molecule has 6 nitrogen and oxygen atoms in total. The summed E-state index contributed by atoms with van der Waals surface area (Å²) in [5.41, 5.74) is 0. The number of rotatable bonds is 2. The van der Waals surface area contributed by atoms with E-state index in [0.29, 0.717) is 6.54 Å². The standard InChI is InChI=1S/C5H5N5OS/c12-5-9-8-4(11-5)1-10-3-6-2-7-10/h2-4H,1H2. The molecular formula is C5H5N5OS. The van der Waals surface area contributed by atoms with Crippen LogP contribution in [0.1, 0.15) is 0 Å². The van der Waals surface area contributed by atoms with E-state index in [-0.39, 0.29) is 11.4 Å². The Bertz CT molecular complexity index is 308. The normalized spacial score (nSPS) is 21.3. The van der Waals surface area contributed by atoms with E-state index in [2.05, 4.69) is 32.5 Å². The fourth-order valence-corrected chi connectivity index (χ4v) is 0.994. The predicted octanol–water partition coefficient (Wildman–Crippen LogP) is 0.371. The van der Waals surface area contributed by atoms with Crippen LogP contribution in [0.3, 0.4) is 0 Å². The zero-order valence-electron chi connectivity index (χ0n) is 5.99. The highest BCUT2D eigenvalue weighted by Gasteiger charge is 2.17. The summed E-state index contributed by atoms with van der Waals surface area (Å²) in [5.74, 6) is 0. The van der Waals surface area contributed by atoms with E-state index in [1.54, 1.807) is 11.0 Å². The molecule has 0 aliphatic carbocycles. The first kappa shape index (κ1) is 7.29. The molecule has 0 N–H and O–H groups in total. The minimum absolute atomic E-state index is 0.181. The van der Waals surface area contributed by atoms with Crippen molar-refractivity contribution in [3.8, 4) is 0 Å². The van der Waals surface area contributed by atoms with Crippen LogP contribution >= 0.6 is 12.2 Å². The molecular weight excluding hydrogens is 178 g/mol. The van der Waals surface area contributed by atoms with Gasteiger partial charge in [-0.3, -0.25) is 0 Å². The summed E-state index contributed by atoms with van der Waals surface area (Å²) in [4.78, 5) is 3.77. The van der Waals surface area contributed by atoms with Crippen LogP contribution in [0.5, 0.6) is 0 Å². The molecule has 7 heteroatoms. The van der Waals surface area contributed by atoms with Crippen molar-refractivity contribution < 1.29 is 4.74 Å². The average Bonchev–Trinajstić information content (AvgIpc) is 2.63. The molecule has 0 amide bonds. The van der Waals surface area contributed by atoms with Crippen LogP contribution in [0.25, 0.3) is 0 Å². The first-order valence-electron chi connectivity index (χ1n) is 3.28. The Hall–Kier alpha value is -1.37. The Morgan fingerprint density at radius 2 is 2.58 bits per heavy atom. The van der Waals surface area contributed by atoms with Crippen LogP contribution in [0.2, 0.25) is 0 Å². The number of nitrogens with zero attached hydrogens (tertiary/aromatic N) is 5. The van der Waals surface area contributed by atoms with Crippen molar-refractivity contribution in [3.05, 3.63) is 12.7 Å². The van der Waals surface area contributed by atoms with Gasteiger partial charge in [-0.1, -0.05) is 0 Å². The van der Waals surface area contributed by atoms with Crippen molar-refractivity contribution >= 4 is 17.4 Å². The van der Waals surface area contributed by atoms with Crippen molar-refractivity contribution in [3.63, 3.8) is 0 Å². The van der Waals surface area contributed by atoms with Gasteiger partial charge in [-0.05, 0) is 12.2 Å². The largest absolute Gasteiger partial charge is 0.439 e. The van der Waals surface area contributed by atoms with Gasteiger partial charge in [0.15, 0.2) is 0 Å². The zero-order chi connectivity index (χ0) is 8.39. The minimum atomic E-state index is -0.348. The summed E-state index contributed by atoms with van der Waals surface area (Å²) in [6.45, 7) is 0.490. The maximum atomic E-state index is 5.04. The van der Waals surface area contributed by atoms with Crippen molar-refractivity contribution in [2.45, 2.75) is 12.8 Å². The van der Waals surface area contributed by atoms with Crippen LogP contribution in [-0.4, -0.2) is 26.2 Å². The number of hydrogen-bond donors (Lipinski definition) is 0. The van der Waals surface area contributed by atoms with Gasteiger partial charge in [0.25, 0.3) is 0 Å². The first-order valence-corrected chi connectivity index (χ1v) is 3.69. The van der Waals surface area contributed by atoms with Gasteiger partial charge in [0, 0.05) is 0 Å². The molecule has 1 aliphatic rings. The predicted molar refractivity (Wildman–Crippen MR) is 42.3 cm³/mol. The Balaban J connectivity index is 1.97. The second kappa shape index (κ2) is 2.94. The SMILES string of the molecule is S=C1N=NC(Cn2cncn2)O1. The highest BCUT2D eigenvalue weighted by atomic mass is 32.1. The highest BCUT2D eigenvalue weighted by Crippen LogP contribution is 2.08. The molecule has 2 heterocycles. The van der Waals surface area contributed by atoms with Gasteiger partial charge in [-0.25, -0.2) is 9.67 Å². The van der Waals surface area contributed by atoms with Crippen LogP contribution in [0, 0.1) is 0 Å². The Kier molecular flexibility index (Phi) is 1.78. The monoisotopic (exact) mass is 183 g/mol. The maximum Gasteiger partial charge on any atom is 0.304 e. The molecule has 2 rings (SSSR count). The summed E-state index contributed by atoms with van der Waals surface area (Å²) >= 11 is 4.66. The van der Waals surface area contributed by atoms with E-state index in [1.165, 1.54) is 6.33 Å². The lowest BCUT2D eigenvalue weighted by molar-refractivity contribution is 0.192. The van der Waals surface area contributed by atoms with E-state index < -0.39 is 0 Å². The van der Waals surface area contributed by atoms with E-state index >= 15 is 0 Å². The van der Waals surface area contributed by atoms with Crippen molar-refractivity contribution in [2.75, 3.05) is 0 Å². The molecule has 12 heavy (non-hydrogen) atoms. The number of ether oxygens (including phenoxy) is 1. The quantitative estimate of drug-likeness (QED) is 0.621. The molecule has 1 atom stereocenters. The van der Waals surface area contributed by atoms with Gasteiger partial charge in [0.1, 0.15) is 19.2 Å². The van der Waals surface area contributed by atoms with Crippen LogP contribution in [0.15, 0.2) is 22.9 Å². The van der Waals surface area contributed by atoms with Crippen LogP contribution in [0.4, 0.5) is 0 Å². The fraction of sp³-hybridized carbons (Fsp3) is 0.400. The van der Waals surface area contributed by atoms with Gasteiger partial charge in [0.2, 0.25) is 6.23 Å². The highest BCUT2D eigenvalue weighted by molar-refractivity contribution is 7.80. The maximum absolute atomic E-state index is 5.04. The molecule has 0 saturated carbocycles.